The lowest BCUT2D eigenvalue weighted by atomic mass is 9.93. The Labute approximate surface area is 180 Å². The molecule has 7 heteroatoms. The normalized spacial score (nSPS) is 19.7. The number of aliphatic hydroxyl groups excluding tert-OH is 1. The molecule has 1 saturated carbocycles. The number of rotatable bonds is 6. The third-order valence-corrected chi connectivity index (χ3v) is 5.87. The molecule has 6 nitrogen and oxygen atoms in total. The molecule has 0 radical (unpaired) electrons. The summed E-state index contributed by atoms with van der Waals surface area (Å²) >= 11 is 0. The van der Waals surface area contributed by atoms with Crippen molar-refractivity contribution in [3.05, 3.63) is 65.6 Å². The first kappa shape index (κ1) is 21.2. The molecule has 1 atom stereocenters. The van der Waals surface area contributed by atoms with Gasteiger partial charge in [-0.2, -0.15) is 0 Å². The lowest BCUT2D eigenvalue weighted by Crippen LogP contribution is -2.29. The van der Waals surface area contributed by atoms with Crippen LogP contribution in [0.2, 0.25) is 0 Å². The largest absolute Gasteiger partial charge is 0.393 e. The zero-order chi connectivity index (χ0) is 21.8. The molecule has 4 rings (SSSR count). The van der Waals surface area contributed by atoms with Crippen LogP contribution in [-0.2, 0) is 0 Å². The van der Waals surface area contributed by atoms with E-state index < -0.39 is 6.04 Å². The van der Waals surface area contributed by atoms with Crippen LogP contribution in [0.25, 0.3) is 10.9 Å². The standard InChI is InChI=1S/C24H27FN4O2/c1-2-21(19-5-3-4-6-20(19)25)28-23(31)15-7-8-16-14-26-24(29-22(16)13-15)27-17-9-11-18(30)12-10-17/h3-8,13-14,17-18,21,30H,2,9-12H2,1H3,(H,28,31)(H,26,27,29). The molecular weight excluding hydrogens is 395 g/mol. The molecule has 1 amide bonds. The van der Waals surface area contributed by atoms with E-state index >= 15 is 0 Å². The summed E-state index contributed by atoms with van der Waals surface area (Å²) in [6.07, 6.45) is 5.39. The van der Waals surface area contributed by atoms with Crippen molar-refractivity contribution in [1.82, 2.24) is 15.3 Å². The first-order valence-electron chi connectivity index (χ1n) is 10.8. The molecule has 2 aromatic carbocycles. The fourth-order valence-corrected chi connectivity index (χ4v) is 4.04. The van der Waals surface area contributed by atoms with Crippen LogP contribution in [0.4, 0.5) is 10.3 Å². The van der Waals surface area contributed by atoms with Crippen LogP contribution in [0.5, 0.6) is 0 Å². The van der Waals surface area contributed by atoms with Gasteiger partial charge < -0.3 is 15.7 Å². The van der Waals surface area contributed by atoms with Gasteiger partial charge in [-0.25, -0.2) is 14.4 Å². The van der Waals surface area contributed by atoms with Gasteiger partial charge in [-0.05, 0) is 50.3 Å². The van der Waals surface area contributed by atoms with Crippen molar-refractivity contribution in [3.63, 3.8) is 0 Å². The number of amides is 1. The Hall–Kier alpha value is -3.06. The summed E-state index contributed by atoms with van der Waals surface area (Å²) < 4.78 is 14.2. The summed E-state index contributed by atoms with van der Waals surface area (Å²) in [5, 5.41) is 16.8. The number of halogens is 1. The number of carbonyl (C=O) groups excluding carboxylic acids is 1. The molecule has 0 bridgehead atoms. The van der Waals surface area contributed by atoms with E-state index in [-0.39, 0.29) is 23.9 Å². The Kier molecular flexibility index (Phi) is 6.42. The molecule has 1 unspecified atom stereocenters. The molecule has 3 aromatic rings. The molecule has 1 aliphatic rings. The van der Waals surface area contributed by atoms with Crippen molar-refractivity contribution in [2.45, 2.75) is 57.2 Å². The highest BCUT2D eigenvalue weighted by Crippen LogP contribution is 2.23. The van der Waals surface area contributed by atoms with E-state index in [1.807, 2.05) is 13.0 Å². The summed E-state index contributed by atoms with van der Waals surface area (Å²) in [5.74, 6) is -0.0810. The van der Waals surface area contributed by atoms with Crippen LogP contribution >= 0.6 is 0 Å². The Balaban J connectivity index is 1.50. The molecule has 162 valence electrons. The van der Waals surface area contributed by atoms with Gasteiger partial charge in [0.2, 0.25) is 5.95 Å². The van der Waals surface area contributed by atoms with Gasteiger partial charge in [0.05, 0.1) is 17.7 Å². The molecule has 1 aliphatic carbocycles. The van der Waals surface area contributed by atoms with Crippen molar-refractivity contribution in [1.29, 1.82) is 0 Å². The van der Waals surface area contributed by atoms with Crippen LogP contribution in [-0.4, -0.2) is 33.1 Å². The van der Waals surface area contributed by atoms with Gasteiger partial charge in [0.15, 0.2) is 0 Å². The molecule has 3 N–H and O–H groups in total. The van der Waals surface area contributed by atoms with E-state index in [1.54, 1.807) is 36.5 Å². The molecule has 1 aromatic heterocycles. The Morgan fingerprint density at radius 2 is 1.97 bits per heavy atom. The zero-order valence-electron chi connectivity index (χ0n) is 17.5. The summed E-state index contributed by atoms with van der Waals surface area (Å²) in [6, 6.07) is 11.6. The third kappa shape index (κ3) is 4.99. The predicted octanol–water partition coefficient (Wildman–Crippen LogP) is 4.37. The smallest absolute Gasteiger partial charge is 0.251 e. The van der Waals surface area contributed by atoms with E-state index in [0.717, 1.165) is 31.1 Å². The lowest BCUT2D eigenvalue weighted by Gasteiger charge is -2.26. The van der Waals surface area contributed by atoms with Crippen LogP contribution in [0.15, 0.2) is 48.7 Å². The summed E-state index contributed by atoms with van der Waals surface area (Å²) in [6.45, 7) is 1.91. The van der Waals surface area contributed by atoms with Crippen LogP contribution < -0.4 is 10.6 Å². The fourth-order valence-electron chi connectivity index (χ4n) is 4.04. The first-order chi connectivity index (χ1) is 15.0. The van der Waals surface area contributed by atoms with Gasteiger partial charge in [-0.1, -0.05) is 31.2 Å². The van der Waals surface area contributed by atoms with E-state index in [0.29, 0.717) is 29.0 Å². The number of anilines is 1. The van der Waals surface area contributed by atoms with Crippen LogP contribution in [0, 0.1) is 5.82 Å². The fraction of sp³-hybridized carbons (Fsp3) is 0.375. The Morgan fingerprint density at radius 3 is 2.71 bits per heavy atom. The minimum atomic E-state index is -0.409. The van der Waals surface area contributed by atoms with E-state index in [2.05, 4.69) is 20.6 Å². The van der Waals surface area contributed by atoms with Crippen molar-refractivity contribution in [2.75, 3.05) is 5.32 Å². The van der Waals surface area contributed by atoms with Crippen molar-refractivity contribution in [3.8, 4) is 0 Å². The second kappa shape index (κ2) is 9.39. The number of aliphatic hydroxyl groups is 1. The molecule has 1 heterocycles. The number of hydrogen-bond donors (Lipinski definition) is 3. The lowest BCUT2D eigenvalue weighted by molar-refractivity contribution is 0.0935. The average molecular weight is 423 g/mol. The number of hydrogen-bond acceptors (Lipinski definition) is 5. The first-order valence-corrected chi connectivity index (χ1v) is 10.8. The molecule has 1 fully saturated rings. The summed E-state index contributed by atoms with van der Waals surface area (Å²) in [5.41, 5.74) is 1.61. The van der Waals surface area contributed by atoms with Crippen LogP contribution in [0.3, 0.4) is 0 Å². The monoisotopic (exact) mass is 422 g/mol. The number of nitrogens with zero attached hydrogens (tertiary/aromatic N) is 2. The predicted molar refractivity (Wildman–Crippen MR) is 118 cm³/mol. The average Bonchev–Trinajstić information content (AvgIpc) is 2.79. The quantitative estimate of drug-likeness (QED) is 0.549. The van der Waals surface area contributed by atoms with Gasteiger partial charge in [0, 0.05) is 28.8 Å². The molecule has 31 heavy (non-hydrogen) atoms. The maximum Gasteiger partial charge on any atom is 0.251 e. The highest BCUT2D eigenvalue weighted by molar-refractivity contribution is 5.98. The number of fused-ring (bicyclic) bond motifs is 1. The zero-order valence-corrected chi connectivity index (χ0v) is 17.5. The van der Waals surface area contributed by atoms with Crippen molar-refractivity contribution >= 4 is 22.8 Å². The van der Waals surface area contributed by atoms with Gasteiger partial charge in [0.25, 0.3) is 5.91 Å². The Bertz CT molecular complexity index is 1070. The Morgan fingerprint density at radius 1 is 1.19 bits per heavy atom. The molecule has 0 spiro atoms. The third-order valence-electron chi connectivity index (χ3n) is 5.87. The minimum Gasteiger partial charge on any atom is -0.393 e. The molecular formula is C24H27FN4O2. The minimum absolute atomic E-state index is 0.215. The van der Waals surface area contributed by atoms with E-state index in [1.165, 1.54) is 6.07 Å². The highest BCUT2D eigenvalue weighted by Gasteiger charge is 2.20. The number of nitrogens with one attached hydrogen (secondary N) is 2. The highest BCUT2D eigenvalue weighted by atomic mass is 19.1. The molecule has 0 aliphatic heterocycles. The van der Waals surface area contributed by atoms with Crippen molar-refractivity contribution in [2.24, 2.45) is 0 Å². The van der Waals surface area contributed by atoms with Gasteiger partial charge in [-0.15, -0.1) is 0 Å². The summed E-state index contributed by atoms with van der Waals surface area (Å²) in [4.78, 5) is 21.8. The SMILES string of the molecule is CCC(NC(=O)c1ccc2cnc(NC3CCC(O)CC3)nc2c1)c1ccccc1F. The topological polar surface area (TPSA) is 87.1 Å². The molecule has 0 saturated heterocycles. The maximum atomic E-state index is 14.2. The number of aromatic nitrogens is 2. The second-order valence-electron chi connectivity index (χ2n) is 8.07. The van der Waals surface area contributed by atoms with Crippen molar-refractivity contribution < 1.29 is 14.3 Å². The van der Waals surface area contributed by atoms with Gasteiger partial charge in [-0.3, -0.25) is 4.79 Å². The van der Waals surface area contributed by atoms with E-state index in [9.17, 15) is 14.3 Å². The van der Waals surface area contributed by atoms with Gasteiger partial charge >= 0.3 is 0 Å². The maximum absolute atomic E-state index is 14.2. The number of benzene rings is 2. The summed E-state index contributed by atoms with van der Waals surface area (Å²) in [7, 11) is 0. The number of carbonyl (C=O) groups is 1. The van der Waals surface area contributed by atoms with E-state index in [4.69, 9.17) is 0 Å². The van der Waals surface area contributed by atoms with Gasteiger partial charge in [0.1, 0.15) is 5.82 Å². The second-order valence-corrected chi connectivity index (χ2v) is 8.07. The van der Waals surface area contributed by atoms with Crippen LogP contribution in [0.1, 0.15) is 61.0 Å².